The number of carbonyl (C=O) groups is 1. The normalized spacial score (nSPS) is 21.9. The van der Waals surface area contributed by atoms with Gasteiger partial charge in [0.05, 0.1) is 5.69 Å². The monoisotopic (exact) mass is 357 g/mol. The molecule has 1 fully saturated rings. The maximum Gasteiger partial charge on any atom is 0.368 e. The van der Waals surface area contributed by atoms with Crippen molar-refractivity contribution < 1.29 is 19.2 Å². The van der Waals surface area contributed by atoms with Gasteiger partial charge in [-0.1, -0.05) is 0 Å². The highest BCUT2D eigenvalue weighted by Gasteiger charge is 2.29. The molecule has 3 N–H and O–H groups in total. The summed E-state index contributed by atoms with van der Waals surface area (Å²) in [4.78, 5) is 23.1. The first-order valence-electron chi connectivity index (χ1n) is 8.26. The number of nitrogens with zero attached hydrogens (tertiary/aromatic N) is 4. The molecule has 0 saturated heterocycles. The van der Waals surface area contributed by atoms with Crippen LogP contribution in [0.2, 0.25) is 0 Å². The van der Waals surface area contributed by atoms with Gasteiger partial charge < -0.3 is 20.1 Å². The van der Waals surface area contributed by atoms with Gasteiger partial charge in [-0.05, 0) is 49.8 Å². The molecule has 3 rings (SSSR count). The van der Waals surface area contributed by atoms with Crippen LogP contribution in [0.1, 0.15) is 50.1 Å². The zero-order valence-corrected chi connectivity index (χ0v) is 14.3. The van der Waals surface area contributed by atoms with E-state index in [1.54, 1.807) is 6.07 Å². The molecular weight excluding hydrogens is 338 g/mol. The fourth-order valence-electron chi connectivity index (χ4n) is 2.87. The molecule has 0 bridgehead atoms. The van der Waals surface area contributed by atoms with Crippen LogP contribution in [0.25, 0.3) is 0 Å². The van der Waals surface area contributed by atoms with Crippen molar-refractivity contribution in [3.8, 4) is 18.0 Å². The minimum absolute atomic E-state index is 0.0250. The quantitative estimate of drug-likeness (QED) is 0.769. The molecule has 1 amide bonds. The van der Waals surface area contributed by atoms with Gasteiger partial charge in [-0.25, -0.2) is 9.97 Å². The predicted molar refractivity (Wildman–Crippen MR) is 88.2 cm³/mol. The number of rotatable bonds is 4. The van der Waals surface area contributed by atoms with Crippen LogP contribution in [0.15, 0.2) is 23.1 Å². The van der Waals surface area contributed by atoms with Crippen LogP contribution in [0.5, 0.6) is 6.01 Å². The maximum absolute atomic E-state index is 11.2. The van der Waals surface area contributed by atoms with Crippen molar-refractivity contribution in [3.05, 3.63) is 30.2 Å². The number of carbonyl (C=O) groups excluding carboxylic acids is 1. The van der Waals surface area contributed by atoms with Gasteiger partial charge >= 0.3 is 6.01 Å². The van der Waals surface area contributed by atoms with Gasteiger partial charge in [-0.15, -0.1) is 0 Å². The minimum atomic E-state index is -1.50. The van der Waals surface area contributed by atoms with Crippen LogP contribution in [0.4, 0.5) is 0 Å². The third-order valence-corrected chi connectivity index (χ3v) is 4.42. The number of aliphatic hydroxyl groups is 1. The zero-order valence-electron chi connectivity index (χ0n) is 14.3. The summed E-state index contributed by atoms with van der Waals surface area (Å²) in [5.74, 6) is 2.73. The molecule has 0 radical (unpaired) electrons. The Labute approximate surface area is 150 Å². The fourth-order valence-corrected chi connectivity index (χ4v) is 2.87. The summed E-state index contributed by atoms with van der Waals surface area (Å²) in [6.45, 7) is 1.49. The average Bonchev–Trinajstić information content (AvgIpc) is 3.11. The fraction of sp³-hybridized carbons (Fsp3) is 0.471. The molecule has 1 aliphatic rings. The molecule has 136 valence electrons. The molecule has 9 heteroatoms. The lowest BCUT2D eigenvalue weighted by Crippen LogP contribution is -2.27. The van der Waals surface area contributed by atoms with Gasteiger partial charge in [0.15, 0.2) is 5.60 Å². The van der Waals surface area contributed by atoms with Gasteiger partial charge in [-0.3, -0.25) is 4.79 Å². The number of aromatic nitrogens is 4. The second-order valence-corrected chi connectivity index (χ2v) is 6.36. The van der Waals surface area contributed by atoms with E-state index < -0.39 is 5.60 Å². The van der Waals surface area contributed by atoms with E-state index in [1.165, 1.54) is 19.4 Å². The van der Waals surface area contributed by atoms with E-state index >= 15 is 0 Å². The topological polar surface area (TPSA) is 137 Å². The Balaban J connectivity index is 1.59. The first kappa shape index (κ1) is 17.8. The number of nitrogens with two attached hydrogens (primary N) is 1. The second kappa shape index (κ2) is 7.49. The van der Waals surface area contributed by atoms with Crippen LogP contribution in [-0.4, -0.2) is 31.1 Å². The Morgan fingerprint density at radius 2 is 2.19 bits per heavy atom. The Kier molecular flexibility index (Phi) is 5.14. The van der Waals surface area contributed by atoms with Crippen molar-refractivity contribution in [2.24, 2.45) is 11.7 Å². The van der Waals surface area contributed by atoms with E-state index in [0.717, 1.165) is 12.8 Å². The molecule has 0 aromatic carbocycles. The van der Waals surface area contributed by atoms with E-state index in [0.29, 0.717) is 24.4 Å². The molecule has 9 nitrogen and oxygen atoms in total. The van der Waals surface area contributed by atoms with Crippen molar-refractivity contribution in [1.82, 2.24) is 20.1 Å². The number of hydrogen-bond acceptors (Lipinski definition) is 8. The van der Waals surface area contributed by atoms with Crippen molar-refractivity contribution in [2.45, 2.75) is 44.1 Å². The highest BCUT2D eigenvalue weighted by atomic mass is 16.5. The lowest BCUT2D eigenvalue weighted by Gasteiger charge is -2.23. The maximum atomic E-state index is 11.2. The van der Waals surface area contributed by atoms with E-state index in [2.05, 4.69) is 32.1 Å². The van der Waals surface area contributed by atoms with Crippen LogP contribution in [0.3, 0.4) is 0 Å². The van der Waals surface area contributed by atoms with E-state index in [4.69, 9.17) is 15.0 Å². The first-order valence-corrected chi connectivity index (χ1v) is 8.26. The summed E-state index contributed by atoms with van der Waals surface area (Å²) < 4.78 is 10.4. The Morgan fingerprint density at radius 1 is 1.42 bits per heavy atom. The summed E-state index contributed by atoms with van der Waals surface area (Å²) >= 11 is 0. The van der Waals surface area contributed by atoms with Gasteiger partial charge in [-0.2, -0.15) is 4.98 Å². The molecule has 2 aromatic rings. The summed E-state index contributed by atoms with van der Waals surface area (Å²) in [7, 11) is 0. The van der Waals surface area contributed by atoms with Crippen LogP contribution >= 0.6 is 0 Å². The largest absolute Gasteiger partial charge is 0.372 e. The SMILES string of the molecule is CC(O)(C#COc1noc(C2CCC(C(N)=O)CC2)n1)c1ccncn1. The standard InChI is InChI=1S/C17H19N5O4/c1-17(24,13-6-8-19-10-20-13)7-9-25-16-21-15(26-22-16)12-4-2-11(3-5-12)14(18)23/h6,8,10-12,24H,2-5H2,1H3,(H2,18,23). The van der Waals surface area contributed by atoms with E-state index in [1.807, 2.05) is 0 Å². The lowest BCUT2D eigenvalue weighted by molar-refractivity contribution is -0.122. The Morgan fingerprint density at radius 3 is 2.85 bits per heavy atom. The predicted octanol–water partition coefficient (Wildman–Crippen LogP) is 0.866. The molecule has 1 aliphatic carbocycles. The van der Waals surface area contributed by atoms with Crippen molar-refractivity contribution in [2.75, 3.05) is 0 Å². The summed E-state index contributed by atoms with van der Waals surface area (Å²) in [5, 5.41) is 14.0. The molecule has 1 atom stereocenters. The zero-order chi connectivity index (χ0) is 18.6. The van der Waals surface area contributed by atoms with E-state index in [9.17, 15) is 9.90 Å². The van der Waals surface area contributed by atoms with Crippen molar-refractivity contribution in [1.29, 1.82) is 0 Å². The van der Waals surface area contributed by atoms with Crippen molar-refractivity contribution >= 4 is 5.91 Å². The third-order valence-electron chi connectivity index (χ3n) is 4.42. The molecule has 0 aliphatic heterocycles. The van der Waals surface area contributed by atoms with Gasteiger partial charge in [0.25, 0.3) is 0 Å². The smallest absolute Gasteiger partial charge is 0.368 e. The molecule has 26 heavy (non-hydrogen) atoms. The Hall–Kier alpha value is -2.99. The van der Waals surface area contributed by atoms with E-state index in [-0.39, 0.29) is 23.8 Å². The molecular formula is C17H19N5O4. The third kappa shape index (κ3) is 4.15. The second-order valence-electron chi connectivity index (χ2n) is 6.36. The number of hydrogen-bond donors (Lipinski definition) is 2. The first-order chi connectivity index (χ1) is 12.5. The average molecular weight is 357 g/mol. The molecule has 2 heterocycles. The lowest BCUT2D eigenvalue weighted by atomic mass is 9.81. The summed E-state index contributed by atoms with van der Waals surface area (Å²) in [6.07, 6.45) is 8.13. The van der Waals surface area contributed by atoms with Gasteiger partial charge in [0, 0.05) is 18.0 Å². The van der Waals surface area contributed by atoms with Crippen LogP contribution in [-0.2, 0) is 10.4 Å². The van der Waals surface area contributed by atoms with Gasteiger partial charge in [0.2, 0.25) is 11.8 Å². The van der Waals surface area contributed by atoms with Crippen LogP contribution < -0.4 is 10.5 Å². The van der Waals surface area contributed by atoms with Crippen molar-refractivity contribution in [3.63, 3.8) is 0 Å². The van der Waals surface area contributed by atoms with Crippen LogP contribution in [0, 0.1) is 17.9 Å². The number of ether oxygens (including phenoxy) is 1. The molecule has 0 spiro atoms. The van der Waals surface area contributed by atoms with Gasteiger partial charge in [0.1, 0.15) is 12.4 Å². The number of primary amides is 1. The summed E-state index contributed by atoms with van der Waals surface area (Å²) in [6, 6.07) is 1.53. The Bertz CT molecular complexity index is 816. The molecule has 1 saturated carbocycles. The molecule has 2 aromatic heterocycles. The molecule has 1 unspecified atom stereocenters. The highest BCUT2D eigenvalue weighted by Crippen LogP contribution is 2.35. The number of amides is 1. The highest BCUT2D eigenvalue weighted by molar-refractivity contribution is 5.76. The summed E-state index contributed by atoms with van der Waals surface area (Å²) in [5.41, 5.74) is 4.19. The minimum Gasteiger partial charge on any atom is -0.372 e.